The van der Waals surface area contributed by atoms with Gasteiger partial charge in [0.2, 0.25) is 5.91 Å². The molecule has 1 amide bonds. The highest BCUT2D eigenvalue weighted by Crippen LogP contribution is 2.39. The number of ether oxygens (including phenoxy) is 1. The lowest BCUT2D eigenvalue weighted by molar-refractivity contribution is -0.149. The van der Waals surface area contributed by atoms with Crippen molar-refractivity contribution in [2.45, 2.75) is 33.1 Å². The van der Waals surface area contributed by atoms with Crippen molar-refractivity contribution in [2.24, 2.45) is 17.8 Å². The van der Waals surface area contributed by atoms with Crippen molar-refractivity contribution >= 4 is 11.9 Å². The molecule has 0 spiro atoms. The molecule has 1 fully saturated rings. The van der Waals surface area contributed by atoms with Gasteiger partial charge in [-0.2, -0.15) is 0 Å². The Labute approximate surface area is 114 Å². The van der Waals surface area contributed by atoms with Crippen molar-refractivity contribution in [1.29, 1.82) is 0 Å². The van der Waals surface area contributed by atoms with E-state index in [1.165, 1.54) is 0 Å². The highest BCUT2D eigenvalue weighted by atomic mass is 16.5. The van der Waals surface area contributed by atoms with Crippen LogP contribution in [0.15, 0.2) is 0 Å². The number of hydrogen-bond acceptors (Lipinski definition) is 3. The summed E-state index contributed by atoms with van der Waals surface area (Å²) in [5.41, 5.74) is 0. The second-order valence-electron chi connectivity index (χ2n) is 5.21. The largest absolute Gasteiger partial charge is 0.481 e. The number of nitrogens with zero attached hydrogens (tertiary/aromatic N) is 1. The Balaban J connectivity index is 2.74. The fraction of sp³-hybridized carbons (Fsp3) is 0.857. The Morgan fingerprint density at radius 1 is 1.26 bits per heavy atom. The second-order valence-corrected chi connectivity index (χ2v) is 5.21. The lowest BCUT2D eigenvalue weighted by Gasteiger charge is -2.25. The van der Waals surface area contributed by atoms with Gasteiger partial charge in [0, 0.05) is 20.2 Å². The van der Waals surface area contributed by atoms with Crippen LogP contribution in [0.5, 0.6) is 0 Å². The highest BCUT2D eigenvalue weighted by molar-refractivity contribution is 5.85. The van der Waals surface area contributed by atoms with E-state index in [2.05, 4.69) is 6.92 Å². The Kier molecular flexibility index (Phi) is 6.28. The molecule has 19 heavy (non-hydrogen) atoms. The van der Waals surface area contributed by atoms with Crippen molar-refractivity contribution < 1.29 is 19.4 Å². The smallest absolute Gasteiger partial charge is 0.307 e. The Hall–Kier alpha value is -1.10. The van der Waals surface area contributed by atoms with Gasteiger partial charge in [-0.1, -0.05) is 13.3 Å². The minimum absolute atomic E-state index is 0.0251. The molecule has 110 valence electrons. The summed E-state index contributed by atoms with van der Waals surface area (Å²) in [5.74, 6) is -1.38. The number of rotatable bonds is 7. The summed E-state index contributed by atoms with van der Waals surface area (Å²) < 4.78 is 4.99. The highest BCUT2D eigenvalue weighted by Gasteiger charge is 2.43. The average Bonchev–Trinajstić information content (AvgIpc) is 2.83. The number of carbonyl (C=O) groups is 2. The summed E-state index contributed by atoms with van der Waals surface area (Å²) in [6.45, 7) is 5.59. The lowest BCUT2D eigenvalue weighted by atomic mass is 9.94. The summed E-state index contributed by atoms with van der Waals surface area (Å²) in [6, 6.07) is 0. The van der Waals surface area contributed by atoms with Gasteiger partial charge in [-0.3, -0.25) is 9.59 Å². The first-order valence-corrected chi connectivity index (χ1v) is 7.05. The Bertz CT molecular complexity index is 319. The zero-order chi connectivity index (χ0) is 14.4. The van der Waals surface area contributed by atoms with Crippen molar-refractivity contribution in [3.63, 3.8) is 0 Å². The van der Waals surface area contributed by atoms with Gasteiger partial charge in [0.1, 0.15) is 0 Å². The normalized spacial score (nSPS) is 26.4. The molecule has 5 heteroatoms. The maximum absolute atomic E-state index is 12.5. The molecule has 0 saturated heterocycles. The van der Waals surface area contributed by atoms with Crippen LogP contribution in [0.2, 0.25) is 0 Å². The molecule has 0 bridgehead atoms. The standard InChI is InChI=1S/C14H25NO4/c1-4-10-8-11(12(9-10)14(17)18)13(16)15(5-2)6-7-19-3/h10-12H,4-9H2,1-3H3,(H,17,18). The molecule has 0 aromatic rings. The van der Waals surface area contributed by atoms with Crippen LogP contribution in [-0.2, 0) is 14.3 Å². The molecule has 5 nitrogen and oxygen atoms in total. The summed E-state index contributed by atoms with van der Waals surface area (Å²) >= 11 is 0. The topological polar surface area (TPSA) is 66.8 Å². The predicted molar refractivity (Wildman–Crippen MR) is 71.8 cm³/mol. The van der Waals surface area contributed by atoms with Gasteiger partial charge < -0.3 is 14.7 Å². The summed E-state index contributed by atoms with van der Waals surface area (Å²) in [6.07, 6.45) is 2.28. The van der Waals surface area contributed by atoms with E-state index in [9.17, 15) is 14.7 Å². The number of carbonyl (C=O) groups excluding carboxylic acids is 1. The first-order valence-electron chi connectivity index (χ1n) is 7.05. The summed E-state index contributed by atoms with van der Waals surface area (Å²) in [5, 5.41) is 9.28. The number of aliphatic carboxylic acids is 1. The van der Waals surface area contributed by atoms with E-state index >= 15 is 0 Å². The zero-order valence-corrected chi connectivity index (χ0v) is 12.1. The molecule has 3 unspecified atom stereocenters. The van der Waals surface area contributed by atoms with Gasteiger partial charge in [0.15, 0.2) is 0 Å². The van der Waals surface area contributed by atoms with E-state index in [-0.39, 0.29) is 11.8 Å². The molecule has 0 aliphatic heterocycles. The van der Waals surface area contributed by atoms with Crippen molar-refractivity contribution in [2.75, 3.05) is 26.8 Å². The van der Waals surface area contributed by atoms with Gasteiger partial charge in [0.05, 0.1) is 18.4 Å². The van der Waals surface area contributed by atoms with Crippen LogP contribution < -0.4 is 0 Å². The third-order valence-corrected chi connectivity index (χ3v) is 4.13. The first-order chi connectivity index (χ1) is 9.04. The molecule has 1 N–H and O–H groups in total. The van der Waals surface area contributed by atoms with Crippen LogP contribution in [0.25, 0.3) is 0 Å². The molecule has 0 heterocycles. The lowest BCUT2D eigenvalue weighted by Crippen LogP contribution is -2.40. The predicted octanol–water partition coefficient (Wildman–Crippen LogP) is 1.62. The molecule has 1 aliphatic carbocycles. The molecule has 0 aromatic carbocycles. The SMILES string of the molecule is CCC1CC(C(=O)O)C(C(=O)N(CC)CCOC)C1. The third-order valence-electron chi connectivity index (χ3n) is 4.13. The van der Waals surface area contributed by atoms with Gasteiger partial charge in [0.25, 0.3) is 0 Å². The van der Waals surface area contributed by atoms with E-state index in [1.807, 2.05) is 6.92 Å². The van der Waals surface area contributed by atoms with E-state index in [0.29, 0.717) is 38.5 Å². The molecular formula is C14H25NO4. The molecule has 3 atom stereocenters. The van der Waals surface area contributed by atoms with Gasteiger partial charge in [-0.25, -0.2) is 0 Å². The van der Waals surface area contributed by atoms with Gasteiger partial charge in [-0.15, -0.1) is 0 Å². The van der Waals surface area contributed by atoms with Crippen LogP contribution in [-0.4, -0.2) is 48.7 Å². The molecule has 1 saturated carbocycles. The maximum atomic E-state index is 12.5. The summed E-state index contributed by atoms with van der Waals surface area (Å²) in [4.78, 5) is 25.5. The molecular weight excluding hydrogens is 246 g/mol. The van der Waals surface area contributed by atoms with E-state index in [1.54, 1.807) is 12.0 Å². The summed E-state index contributed by atoms with van der Waals surface area (Å²) in [7, 11) is 1.60. The van der Waals surface area contributed by atoms with Crippen LogP contribution in [0.1, 0.15) is 33.1 Å². The van der Waals surface area contributed by atoms with Crippen LogP contribution in [0, 0.1) is 17.8 Å². The van der Waals surface area contributed by atoms with Crippen LogP contribution in [0.4, 0.5) is 0 Å². The molecule has 1 rings (SSSR count). The number of likely N-dealkylation sites (N-methyl/N-ethyl adjacent to an activating group) is 1. The van der Waals surface area contributed by atoms with Crippen LogP contribution in [0.3, 0.4) is 0 Å². The number of carboxylic acid groups (broad SMARTS) is 1. The minimum atomic E-state index is -0.836. The van der Waals surface area contributed by atoms with Crippen molar-refractivity contribution in [3.05, 3.63) is 0 Å². The first kappa shape index (κ1) is 16.0. The zero-order valence-electron chi connectivity index (χ0n) is 12.1. The molecule has 0 aromatic heterocycles. The fourth-order valence-corrected chi connectivity index (χ4v) is 2.88. The van der Waals surface area contributed by atoms with E-state index in [0.717, 1.165) is 6.42 Å². The number of amides is 1. The molecule has 1 aliphatic rings. The number of methoxy groups -OCH3 is 1. The van der Waals surface area contributed by atoms with Gasteiger partial charge in [-0.05, 0) is 25.7 Å². The number of carboxylic acids is 1. The fourth-order valence-electron chi connectivity index (χ4n) is 2.88. The monoisotopic (exact) mass is 271 g/mol. The maximum Gasteiger partial charge on any atom is 0.307 e. The molecule has 0 radical (unpaired) electrons. The Morgan fingerprint density at radius 3 is 2.37 bits per heavy atom. The minimum Gasteiger partial charge on any atom is -0.481 e. The quantitative estimate of drug-likeness (QED) is 0.764. The van der Waals surface area contributed by atoms with Crippen molar-refractivity contribution in [1.82, 2.24) is 4.90 Å². The second kappa shape index (κ2) is 7.48. The average molecular weight is 271 g/mol. The van der Waals surface area contributed by atoms with Crippen LogP contribution >= 0.6 is 0 Å². The van der Waals surface area contributed by atoms with Gasteiger partial charge >= 0.3 is 5.97 Å². The Morgan fingerprint density at radius 2 is 1.89 bits per heavy atom. The third kappa shape index (κ3) is 3.93. The van der Waals surface area contributed by atoms with E-state index < -0.39 is 11.9 Å². The number of hydrogen-bond donors (Lipinski definition) is 1. The van der Waals surface area contributed by atoms with E-state index in [4.69, 9.17) is 4.74 Å². The van der Waals surface area contributed by atoms with Crippen molar-refractivity contribution in [3.8, 4) is 0 Å².